The van der Waals surface area contributed by atoms with E-state index in [2.05, 4.69) is 53.8 Å². The minimum atomic E-state index is -0.823. The fourth-order valence-electron chi connectivity index (χ4n) is 6.84. The Kier molecular flexibility index (Phi) is 13.2. The van der Waals surface area contributed by atoms with Crippen LogP contribution < -0.4 is 10.6 Å². The van der Waals surface area contributed by atoms with E-state index in [4.69, 9.17) is 14.2 Å². The molecule has 9 nitrogen and oxygen atoms in total. The van der Waals surface area contributed by atoms with Gasteiger partial charge >= 0.3 is 12.0 Å². The van der Waals surface area contributed by atoms with Crippen LogP contribution in [0.4, 0.5) is 4.79 Å². The molecule has 0 saturated carbocycles. The Morgan fingerprint density at radius 2 is 1.46 bits per heavy atom. The van der Waals surface area contributed by atoms with E-state index in [1.54, 1.807) is 0 Å². The number of likely N-dealkylation sites (N-methyl/N-ethyl adjacent to an activating group) is 1. The van der Waals surface area contributed by atoms with Crippen molar-refractivity contribution < 1.29 is 28.9 Å². The van der Waals surface area contributed by atoms with E-state index in [9.17, 15) is 14.7 Å². The number of rotatable bonds is 14. The van der Waals surface area contributed by atoms with E-state index >= 15 is 0 Å². The van der Waals surface area contributed by atoms with Gasteiger partial charge in [-0.3, -0.25) is 4.90 Å². The van der Waals surface area contributed by atoms with Crippen molar-refractivity contribution in [3.63, 3.8) is 0 Å². The summed E-state index contributed by atoms with van der Waals surface area (Å²) in [6.45, 7) is 3.18. The molecule has 6 rings (SSSR count). The lowest BCUT2D eigenvalue weighted by Crippen LogP contribution is -2.47. The second-order valence-electron chi connectivity index (χ2n) is 13.7. The molecule has 0 spiro atoms. The number of carbonyl (C=O) groups is 2. The molecule has 0 aliphatic carbocycles. The van der Waals surface area contributed by atoms with Gasteiger partial charge in [0.2, 0.25) is 0 Å². The summed E-state index contributed by atoms with van der Waals surface area (Å²) in [5.74, 6) is -0.508. The molecule has 280 valence electrons. The molecule has 3 N–H and O–H groups in total. The molecule has 54 heavy (non-hydrogen) atoms. The third-order valence-corrected chi connectivity index (χ3v) is 10.1. The fourth-order valence-corrected chi connectivity index (χ4v) is 6.84. The van der Waals surface area contributed by atoms with Crippen LogP contribution in [0, 0.1) is 0 Å². The maximum atomic E-state index is 13.0. The molecule has 1 heterocycles. The predicted octanol–water partition coefficient (Wildman–Crippen LogP) is 7.67. The highest BCUT2D eigenvalue weighted by Crippen LogP contribution is 2.39. The van der Waals surface area contributed by atoms with Gasteiger partial charge in [0.1, 0.15) is 6.04 Å². The predicted molar refractivity (Wildman–Crippen MR) is 209 cm³/mol. The van der Waals surface area contributed by atoms with Crippen molar-refractivity contribution in [3.8, 4) is 11.1 Å². The van der Waals surface area contributed by atoms with E-state index < -0.39 is 24.3 Å². The highest BCUT2D eigenvalue weighted by Gasteiger charge is 2.33. The summed E-state index contributed by atoms with van der Waals surface area (Å²) in [6, 6.07) is 42.9. The average Bonchev–Trinajstić information content (AvgIpc) is 3.23. The number of aliphatic hydroxyl groups excluding tert-OH is 1. The van der Waals surface area contributed by atoms with E-state index in [0.29, 0.717) is 12.8 Å². The quantitative estimate of drug-likeness (QED) is 0.101. The zero-order valence-electron chi connectivity index (χ0n) is 31.1. The summed E-state index contributed by atoms with van der Waals surface area (Å²) < 4.78 is 18.2. The maximum Gasteiger partial charge on any atom is 0.328 e. The number of hydrogen-bond donors (Lipinski definition) is 3. The van der Waals surface area contributed by atoms with Crippen LogP contribution in [0.2, 0.25) is 0 Å². The molecule has 5 unspecified atom stereocenters. The minimum absolute atomic E-state index is 0.00825. The van der Waals surface area contributed by atoms with Gasteiger partial charge < -0.3 is 30.0 Å². The second kappa shape index (κ2) is 18.6. The van der Waals surface area contributed by atoms with Crippen LogP contribution in [0.3, 0.4) is 0 Å². The third-order valence-electron chi connectivity index (χ3n) is 10.1. The Labute approximate surface area is 317 Å². The van der Waals surface area contributed by atoms with Gasteiger partial charge in [0.25, 0.3) is 0 Å². The summed E-state index contributed by atoms with van der Waals surface area (Å²) in [5.41, 5.74) is 7.85. The van der Waals surface area contributed by atoms with Gasteiger partial charge in [0, 0.05) is 37.5 Å². The van der Waals surface area contributed by atoms with Crippen LogP contribution in [-0.2, 0) is 38.6 Å². The number of esters is 1. The molecule has 0 bridgehead atoms. The van der Waals surface area contributed by atoms with Crippen LogP contribution in [-0.4, -0.2) is 54.9 Å². The maximum absolute atomic E-state index is 13.0. The lowest BCUT2D eigenvalue weighted by atomic mass is 9.97. The lowest BCUT2D eigenvalue weighted by molar-refractivity contribution is -0.253. The first kappa shape index (κ1) is 38.4. The molecule has 1 saturated heterocycles. The Morgan fingerprint density at radius 1 is 0.815 bits per heavy atom. The number of benzene rings is 5. The van der Waals surface area contributed by atoms with E-state index in [-0.39, 0.29) is 31.4 Å². The largest absolute Gasteiger partial charge is 0.467 e. The first-order chi connectivity index (χ1) is 26.3. The Balaban J connectivity index is 1.15. The molecule has 1 fully saturated rings. The Hall–Kier alpha value is -5.32. The van der Waals surface area contributed by atoms with E-state index in [1.165, 1.54) is 12.7 Å². The topological polar surface area (TPSA) is 109 Å². The third kappa shape index (κ3) is 10.0. The first-order valence-electron chi connectivity index (χ1n) is 18.4. The van der Waals surface area contributed by atoms with Gasteiger partial charge in [-0.25, -0.2) is 9.59 Å². The molecule has 5 aromatic rings. The highest BCUT2D eigenvalue weighted by atomic mass is 16.7. The number of aliphatic hydroxyl groups is 1. The zero-order valence-corrected chi connectivity index (χ0v) is 31.1. The van der Waals surface area contributed by atoms with Crippen LogP contribution in [0.1, 0.15) is 65.2 Å². The molecule has 0 radical (unpaired) electrons. The van der Waals surface area contributed by atoms with Crippen molar-refractivity contribution >= 4 is 12.0 Å². The van der Waals surface area contributed by atoms with Crippen LogP contribution in [0.25, 0.3) is 11.1 Å². The van der Waals surface area contributed by atoms with Gasteiger partial charge in [-0.2, -0.15) is 0 Å². The molecule has 0 aromatic heterocycles. The van der Waals surface area contributed by atoms with E-state index in [0.717, 1.165) is 45.5 Å². The van der Waals surface area contributed by atoms with Gasteiger partial charge in [0.15, 0.2) is 6.29 Å². The summed E-state index contributed by atoms with van der Waals surface area (Å²) in [6.07, 6.45) is 0.149. The number of nitrogens with one attached hydrogen (secondary N) is 2. The normalized spacial score (nSPS) is 18.1. The van der Waals surface area contributed by atoms with Gasteiger partial charge in [-0.15, -0.1) is 0 Å². The van der Waals surface area contributed by atoms with Crippen molar-refractivity contribution in [2.75, 3.05) is 20.7 Å². The zero-order chi connectivity index (χ0) is 37.9. The lowest BCUT2D eigenvalue weighted by Gasteiger charge is -2.39. The molecule has 1 aliphatic heterocycles. The van der Waals surface area contributed by atoms with Crippen molar-refractivity contribution in [3.05, 3.63) is 167 Å². The van der Waals surface area contributed by atoms with Crippen molar-refractivity contribution in [1.82, 2.24) is 15.5 Å². The summed E-state index contributed by atoms with van der Waals surface area (Å²) in [4.78, 5) is 27.8. The number of methoxy groups -OCH3 is 1. The van der Waals surface area contributed by atoms with Crippen LogP contribution in [0.15, 0.2) is 133 Å². The van der Waals surface area contributed by atoms with Crippen molar-refractivity contribution in [2.24, 2.45) is 0 Å². The standard InChI is InChI=1S/C45H49N3O6/c1-31(34-14-8-5-9-15-34)48(2)29-39-27-42(36-20-18-33(30-49)19-21-36)54-44(53-39)37-24-22-35(23-25-37)40-17-11-10-16-38(40)28-46-45(51)47-41(43(50)52-3)26-32-12-6-4-7-13-32/h4-25,31,39,41-42,44,49H,26-30H2,1-3H3,(H2,46,47,51). The monoisotopic (exact) mass is 727 g/mol. The minimum Gasteiger partial charge on any atom is -0.467 e. The molecule has 1 aliphatic rings. The summed E-state index contributed by atoms with van der Waals surface area (Å²) >= 11 is 0. The molecule has 2 amide bonds. The van der Waals surface area contributed by atoms with Gasteiger partial charge in [0.05, 0.1) is 25.9 Å². The number of nitrogens with zero attached hydrogens (tertiary/aromatic N) is 1. The Bertz CT molecular complexity index is 1940. The molecule has 5 aromatic carbocycles. The number of urea groups is 1. The number of hydrogen-bond acceptors (Lipinski definition) is 7. The number of ether oxygens (including phenoxy) is 3. The van der Waals surface area contributed by atoms with Crippen molar-refractivity contribution in [1.29, 1.82) is 0 Å². The Morgan fingerprint density at radius 3 is 2.15 bits per heavy atom. The van der Waals surface area contributed by atoms with E-state index in [1.807, 2.05) is 109 Å². The molecule has 9 heteroatoms. The number of amides is 2. The fraction of sp³-hybridized carbons (Fsp3) is 0.289. The van der Waals surface area contributed by atoms with Gasteiger partial charge in [-0.05, 0) is 52.9 Å². The second-order valence-corrected chi connectivity index (χ2v) is 13.7. The molecular formula is C45H49N3O6. The summed E-state index contributed by atoms with van der Waals surface area (Å²) in [5, 5.41) is 15.3. The van der Waals surface area contributed by atoms with Crippen LogP contribution >= 0.6 is 0 Å². The van der Waals surface area contributed by atoms with Crippen molar-refractivity contribution in [2.45, 2.75) is 63.5 Å². The SMILES string of the molecule is COC(=O)C(Cc1ccccc1)NC(=O)NCc1ccccc1-c1ccc(C2OC(CN(C)C(C)c3ccccc3)CC(c3ccc(CO)cc3)O2)cc1. The van der Waals surface area contributed by atoms with Crippen LogP contribution in [0.5, 0.6) is 0 Å². The summed E-state index contributed by atoms with van der Waals surface area (Å²) in [7, 11) is 3.44. The highest BCUT2D eigenvalue weighted by molar-refractivity contribution is 5.84. The molecular weight excluding hydrogens is 679 g/mol. The first-order valence-corrected chi connectivity index (χ1v) is 18.4. The van der Waals surface area contributed by atoms with Gasteiger partial charge in [-0.1, -0.05) is 133 Å². The smallest absolute Gasteiger partial charge is 0.328 e. The average molecular weight is 728 g/mol. The number of carbonyl (C=O) groups excluding carboxylic acids is 2. The molecule has 5 atom stereocenters.